The predicted molar refractivity (Wildman–Crippen MR) is 94.4 cm³/mol. The molecule has 0 spiro atoms. The van der Waals surface area contributed by atoms with E-state index in [4.69, 9.17) is 10.5 Å². The van der Waals surface area contributed by atoms with Crippen LogP contribution in [0.1, 0.15) is 30.6 Å². The first kappa shape index (κ1) is 16.7. The van der Waals surface area contributed by atoms with Crippen molar-refractivity contribution in [3.8, 4) is 5.75 Å². The molecule has 2 rings (SSSR count). The van der Waals surface area contributed by atoms with E-state index in [1.807, 2.05) is 38.1 Å². The summed E-state index contributed by atoms with van der Waals surface area (Å²) < 4.78 is 5.59. The maximum absolute atomic E-state index is 12.0. The van der Waals surface area contributed by atoms with E-state index in [2.05, 4.69) is 10.6 Å². The third-order valence-corrected chi connectivity index (χ3v) is 3.31. The zero-order valence-electron chi connectivity index (χ0n) is 13.6. The molecule has 0 bridgehead atoms. The second kappa shape index (κ2) is 8.08. The molecule has 2 aromatic carbocycles. The number of carbonyl (C=O) groups is 1. The molecule has 0 aliphatic carbocycles. The van der Waals surface area contributed by atoms with E-state index >= 15 is 0 Å². The lowest BCUT2D eigenvalue weighted by atomic mass is 10.1. The summed E-state index contributed by atoms with van der Waals surface area (Å²) in [6.45, 7) is 5.19. The highest BCUT2D eigenvalue weighted by Gasteiger charge is 2.09. The summed E-state index contributed by atoms with van der Waals surface area (Å²) in [5.74, 6) is 0.652. The summed E-state index contributed by atoms with van der Waals surface area (Å²) in [7, 11) is 0. The SMILES string of the molecule is CCCNC(=O)c1ccc(Nc2ccccc2OCC)c(N)c1. The van der Waals surface area contributed by atoms with Crippen LogP contribution in [0.25, 0.3) is 0 Å². The molecule has 0 atom stereocenters. The van der Waals surface area contributed by atoms with E-state index in [-0.39, 0.29) is 5.91 Å². The van der Waals surface area contributed by atoms with Crippen LogP contribution in [0.2, 0.25) is 0 Å². The molecule has 23 heavy (non-hydrogen) atoms. The summed E-state index contributed by atoms with van der Waals surface area (Å²) in [5.41, 5.74) is 8.72. The van der Waals surface area contributed by atoms with Crippen LogP contribution < -0.4 is 21.1 Å². The molecule has 5 nitrogen and oxygen atoms in total. The number of benzene rings is 2. The molecule has 5 heteroatoms. The number of rotatable bonds is 7. The maximum Gasteiger partial charge on any atom is 0.251 e. The van der Waals surface area contributed by atoms with Crippen LogP contribution in [-0.4, -0.2) is 19.1 Å². The monoisotopic (exact) mass is 313 g/mol. The van der Waals surface area contributed by atoms with Gasteiger partial charge in [0.2, 0.25) is 0 Å². The molecule has 0 saturated carbocycles. The van der Waals surface area contributed by atoms with Gasteiger partial charge >= 0.3 is 0 Å². The standard InChI is InChI=1S/C18H23N3O2/c1-3-11-20-18(22)13-9-10-15(14(19)12-13)21-16-7-5-6-8-17(16)23-4-2/h5-10,12,21H,3-4,11,19H2,1-2H3,(H,20,22). The van der Waals surface area contributed by atoms with Crippen LogP contribution in [-0.2, 0) is 0 Å². The Kier molecular flexibility index (Phi) is 5.86. The van der Waals surface area contributed by atoms with Gasteiger partial charge in [0.25, 0.3) is 5.91 Å². The molecule has 0 aliphatic heterocycles. The van der Waals surface area contributed by atoms with E-state index < -0.39 is 0 Å². The van der Waals surface area contributed by atoms with Gasteiger partial charge in [0, 0.05) is 12.1 Å². The lowest BCUT2D eigenvalue weighted by molar-refractivity contribution is 0.0953. The van der Waals surface area contributed by atoms with Crippen LogP contribution >= 0.6 is 0 Å². The van der Waals surface area contributed by atoms with Crippen LogP contribution in [0.4, 0.5) is 17.1 Å². The van der Waals surface area contributed by atoms with E-state index in [1.165, 1.54) is 0 Å². The minimum absolute atomic E-state index is 0.111. The van der Waals surface area contributed by atoms with Gasteiger partial charge in [0.05, 0.1) is 23.7 Å². The van der Waals surface area contributed by atoms with E-state index in [1.54, 1.807) is 18.2 Å². The number of nitrogens with two attached hydrogens (primary N) is 1. The molecular weight excluding hydrogens is 290 g/mol. The zero-order chi connectivity index (χ0) is 16.7. The summed E-state index contributed by atoms with van der Waals surface area (Å²) >= 11 is 0. The van der Waals surface area contributed by atoms with Crippen LogP contribution in [0.5, 0.6) is 5.75 Å². The minimum atomic E-state index is -0.111. The number of nitrogen functional groups attached to an aromatic ring is 1. The molecule has 2 aromatic rings. The number of anilines is 3. The minimum Gasteiger partial charge on any atom is -0.492 e. The largest absolute Gasteiger partial charge is 0.492 e. The van der Waals surface area contributed by atoms with Crippen LogP contribution in [0, 0.1) is 0 Å². The van der Waals surface area contributed by atoms with Crippen molar-refractivity contribution in [2.45, 2.75) is 20.3 Å². The van der Waals surface area contributed by atoms with Crippen LogP contribution in [0.15, 0.2) is 42.5 Å². The van der Waals surface area contributed by atoms with Crippen molar-refractivity contribution in [1.82, 2.24) is 5.32 Å². The van der Waals surface area contributed by atoms with Crippen molar-refractivity contribution in [3.05, 3.63) is 48.0 Å². The Labute approximate surface area is 136 Å². The molecule has 4 N–H and O–H groups in total. The Balaban J connectivity index is 2.17. The molecule has 0 aliphatic rings. The Bertz CT molecular complexity index is 671. The molecule has 1 amide bonds. The smallest absolute Gasteiger partial charge is 0.251 e. The van der Waals surface area contributed by atoms with Crippen molar-refractivity contribution in [3.63, 3.8) is 0 Å². The zero-order valence-corrected chi connectivity index (χ0v) is 13.6. The van der Waals surface area contributed by atoms with Crippen molar-refractivity contribution >= 4 is 23.0 Å². The normalized spacial score (nSPS) is 10.2. The van der Waals surface area contributed by atoms with E-state index in [0.29, 0.717) is 24.4 Å². The Morgan fingerprint density at radius 3 is 2.61 bits per heavy atom. The van der Waals surface area contributed by atoms with Gasteiger partial charge < -0.3 is 21.1 Å². The third-order valence-electron chi connectivity index (χ3n) is 3.31. The number of para-hydroxylation sites is 2. The summed E-state index contributed by atoms with van der Waals surface area (Å²) in [6, 6.07) is 12.9. The number of nitrogens with one attached hydrogen (secondary N) is 2. The van der Waals surface area contributed by atoms with Gasteiger partial charge in [0.1, 0.15) is 5.75 Å². The van der Waals surface area contributed by atoms with Crippen molar-refractivity contribution in [2.24, 2.45) is 0 Å². The van der Waals surface area contributed by atoms with Gasteiger partial charge in [-0.25, -0.2) is 0 Å². The first-order chi connectivity index (χ1) is 11.2. The van der Waals surface area contributed by atoms with Gasteiger partial charge in [-0.1, -0.05) is 19.1 Å². The lowest BCUT2D eigenvalue weighted by Crippen LogP contribution is -2.24. The molecular formula is C18H23N3O2. The Morgan fingerprint density at radius 2 is 1.91 bits per heavy atom. The second-order valence-electron chi connectivity index (χ2n) is 5.11. The number of amides is 1. The maximum atomic E-state index is 12.0. The molecule has 0 aromatic heterocycles. The second-order valence-corrected chi connectivity index (χ2v) is 5.11. The fourth-order valence-corrected chi connectivity index (χ4v) is 2.15. The highest BCUT2D eigenvalue weighted by atomic mass is 16.5. The molecule has 0 heterocycles. The van der Waals surface area contributed by atoms with E-state index in [9.17, 15) is 4.79 Å². The first-order valence-corrected chi connectivity index (χ1v) is 7.82. The topological polar surface area (TPSA) is 76.4 Å². The first-order valence-electron chi connectivity index (χ1n) is 7.82. The molecule has 0 radical (unpaired) electrons. The Morgan fingerprint density at radius 1 is 1.13 bits per heavy atom. The molecule has 122 valence electrons. The van der Waals surface area contributed by atoms with Crippen molar-refractivity contribution < 1.29 is 9.53 Å². The molecule has 0 fully saturated rings. The lowest BCUT2D eigenvalue weighted by Gasteiger charge is -2.14. The van der Waals surface area contributed by atoms with Gasteiger partial charge in [-0.3, -0.25) is 4.79 Å². The third kappa shape index (κ3) is 4.39. The average Bonchev–Trinajstić information content (AvgIpc) is 2.56. The number of hydrogen-bond acceptors (Lipinski definition) is 4. The van der Waals surface area contributed by atoms with E-state index in [0.717, 1.165) is 23.5 Å². The summed E-state index contributed by atoms with van der Waals surface area (Å²) in [4.78, 5) is 12.0. The van der Waals surface area contributed by atoms with Crippen molar-refractivity contribution in [2.75, 3.05) is 24.2 Å². The number of hydrogen-bond donors (Lipinski definition) is 3. The highest BCUT2D eigenvalue weighted by Crippen LogP contribution is 2.30. The quantitative estimate of drug-likeness (QED) is 0.683. The van der Waals surface area contributed by atoms with Gasteiger partial charge in [-0.2, -0.15) is 0 Å². The van der Waals surface area contributed by atoms with Gasteiger partial charge in [0.15, 0.2) is 0 Å². The fraction of sp³-hybridized carbons (Fsp3) is 0.278. The average molecular weight is 313 g/mol. The highest BCUT2D eigenvalue weighted by molar-refractivity contribution is 5.96. The fourth-order valence-electron chi connectivity index (χ4n) is 2.15. The van der Waals surface area contributed by atoms with Crippen molar-refractivity contribution in [1.29, 1.82) is 0 Å². The van der Waals surface area contributed by atoms with Gasteiger partial charge in [-0.15, -0.1) is 0 Å². The summed E-state index contributed by atoms with van der Waals surface area (Å²) in [5, 5.41) is 6.09. The predicted octanol–water partition coefficient (Wildman–Crippen LogP) is 3.55. The van der Waals surface area contributed by atoms with Gasteiger partial charge in [-0.05, 0) is 43.7 Å². The number of carbonyl (C=O) groups excluding carboxylic acids is 1. The van der Waals surface area contributed by atoms with Crippen LogP contribution in [0.3, 0.4) is 0 Å². The summed E-state index contributed by atoms with van der Waals surface area (Å²) in [6.07, 6.45) is 0.898. The number of ether oxygens (including phenoxy) is 1. The molecule has 0 unspecified atom stereocenters. The Hall–Kier alpha value is -2.69. The molecule has 0 saturated heterocycles.